The third-order valence-corrected chi connectivity index (χ3v) is 8.43. The number of carbonyl (C=O) groups is 4. The predicted octanol–water partition coefficient (Wildman–Crippen LogP) is 3.65. The molecule has 4 atom stereocenters. The Balaban J connectivity index is 1.33. The molecule has 4 aromatic rings. The summed E-state index contributed by atoms with van der Waals surface area (Å²) in [5, 5.41) is 7.12. The Morgan fingerprint density at radius 3 is 2.59 bits per heavy atom. The van der Waals surface area contributed by atoms with Gasteiger partial charge in [-0.1, -0.05) is 18.2 Å². The van der Waals surface area contributed by atoms with Gasteiger partial charge in [0, 0.05) is 34.4 Å². The van der Waals surface area contributed by atoms with E-state index in [-0.39, 0.29) is 17.9 Å². The second-order valence-electron chi connectivity index (χ2n) is 10.5. The number of H-pyrrole nitrogens is 1. The number of halogens is 1. The van der Waals surface area contributed by atoms with Crippen molar-refractivity contribution in [3.05, 3.63) is 95.4 Å². The summed E-state index contributed by atoms with van der Waals surface area (Å²) >= 11 is 0. The summed E-state index contributed by atoms with van der Waals surface area (Å²) in [5.74, 6) is -4.62. The predicted molar refractivity (Wildman–Crippen MR) is 148 cm³/mol. The van der Waals surface area contributed by atoms with Gasteiger partial charge in [0.15, 0.2) is 0 Å². The van der Waals surface area contributed by atoms with Gasteiger partial charge in [0.25, 0.3) is 0 Å². The molecule has 3 aliphatic heterocycles. The first-order chi connectivity index (χ1) is 19.8. The topological polar surface area (TPSA) is 121 Å². The molecule has 10 heteroatoms. The fraction of sp³-hybridized carbons (Fsp3) is 0.226. The molecule has 0 radical (unpaired) electrons. The van der Waals surface area contributed by atoms with Gasteiger partial charge in [-0.05, 0) is 67.4 Å². The molecule has 7 rings (SSSR count). The first-order valence-corrected chi connectivity index (χ1v) is 13.4. The summed E-state index contributed by atoms with van der Waals surface area (Å²) in [4.78, 5) is 58.5. The standard InChI is InChI=1S/C31H25FN4O5/c1-2-41-29(39)16-7-10-19(11-8-16)36-27(37)25-24(13-17-15-33-22-6-4-3-5-20(17)22)35-31(26(25)28(36)38)21-14-18(32)9-12-23(21)34-30(31)40/h3-12,14-15,24-26,33,35H,2,13H2,1H3,(H,34,40)/t24-,25-,26-,31+/m0/s1. The quantitative estimate of drug-likeness (QED) is 0.257. The number of aromatic nitrogens is 1. The number of benzene rings is 3. The molecule has 0 aliphatic carbocycles. The molecule has 3 N–H and O–H groups in total. The van der Waals surface area contributed by atoms with Crippen LogP contribution in [0.4, 0.5) is 15.8 Å². The van der Waals surface area contributed by atoms with E-state index in [0.29, 0.717) is 17.7 Å². The normalized spacial score (nSPS) is 24.7. The number of carbonyl (C=O) groups excluding carboxylic acids is 4. The maximum atomic E-state index is 14.5. The van der Waals surface area contributed by atoms with Crippen LogP contribution in [0.15, 0.2) is 72.9 Å². The van der Waals surface area contributed by atoms with Gasteiger partial charge < -0.3 is 15.0 Å². The van der Waals surface area contributed by atoms with Crippen molar-refractivity contribution in [2.24, 2.45) is 11.8 Å². The summed E-state index contributed by atoms with van der Waals surface area (Å²) < 4.78 is 19.6. The Labute approximate surface area is 233 Å². The van der Waals surface area contributed by atoms with E-state index in [4.69, 9.17) is 4.74 Å². The minimum Gasteiger partial charge on any atom is -0.462 e. The Hall–Kier alpha value is -4.83. The van der Waals surface area contributed by atoms with E-state index in [1.54, 1.807) is 6.92 Å². The number of aromatic amines is 1. The minimum atomic E-state index is -1.63. The van der Waals surface area contributed by atoms with Gasteiger partial charge in [-0.2, -0.15) is 0 Å². The third-order valence-electron chi connectivity index (χ3n) is 8.43. The van der Waals surface area contributed by atoms with Crippen LogP contribution in [0.2, 0.25) is 0 Å². The number of nitrogens with zero attached hydrogens (tertiary/aromatic N) is 1. The lowest BCUT2D eigenvalue weighted by molar-refractivity contribution is -0.130. The molecule has 4 heterocycles. The van der Waals surface area contributed by atoms with Gasteiger partial charge in [0.1, 0.15) is 11.4 Å². The molecule has 0 saturated carbocycles. The number of rotatable bonds is 5. The van der Waals surface area contributed by atoms with Gasteiger partial charge in [-0.3, -0.25) is 19.7 Å². The number of ether oxygens (including phenoxy) is 1. The van der Waals surface area contributed by atoms with Gasteiger partial charge >= 0.3 is 5.97 Å². The van der Waals surface area contributed by atoms with Crippen LogP contribution in [0, 0.1) is 17.7 Å². The average Bonchev–Trinajstić information content (AvgIpc) is 3.68. The number of hydrogen-bond acceptors (Lipinski definition) is 6. The van der Waals surface area contributed by atoms with Crippen molar-refractivity contribution in [3.63, 3.8) is 0 Å². The largest absolute Gasteiger partial charge is 0.462 e. The molecule has 1 aromatic heterocycles. The third kappa shape index (κ3) is 3.57. The first kappa shape index (κ1) is 25.2. The molecule has 1 spiro atoms. The fourth-order valence-corrected chi connectivity index (χ4v) is 6.70. The lowest BCUT2D eigenvalue weighted by atomic mass is 9.76. The van der Waals surface area contributed by atoms with Crippen molar-refractivity contribution < 1.29 is 28.3 Å². The van der Waals surface area contributed by atoms with E-state index in [9.17, 15) is 23.6 Å². The maximum Gasteiger partial charge on any atom is 0.338 e. The van der Waals surface area contributed by atoms with E-state index >= 15 is 0 Å². The van der Waals surface area contributed by atoms with Crippen molar-refractivity contribution in [2.75, 3.05) is 16.8 Å². The molecule has 3 aliphatic rings. The zero-order valence-corrected chi connectivity index (χ0v) is 21.9. The molecular weight excluding hydrogens is 527 g/mol. The molecule has 3 amide bonds. The van der Waals surface area contributed by atoms with E-state index in [2.05, 4.69) is 15.6 Å². The van der Waals surface area contributed by atoms with Gasteiger partial charge in [0.2, 0.25) is 17.7 Å². The van der Waals surface area contributed by atoms with E-state index in [1.807, 2.05) is 30.5 Å². The first-order valence-electron chi connectivity index (χ1n) is 13.4. The van der Waals surface area contributed by atoms with E-state index in [0.717, 1.165) is 21.4 Å². The van der Waals surface area contributed by atoms with Crippen molar-refractivity contribution in [3.8, 4) is 0 Å². The lowest BCUT2D eigenvalue weighted by Gasteiger charge is -2.29. The van der Waals surface area contributed by atoms with E-state index in [1.165, 1.54) is 42.5 Å². The molecule has 41 heavy (non-hydrogen) atoms. The molecule has 0 unspecified atom stereocenters. The number of imide groups is 1. The second-order valence-corrected chi connectivity index (χ2v) is 10.5. The average molecular weight is 553 g/mol. The van der Waals surface area contributed by atoms with Crippen LogP contribution in [0.3, 0.4) is 0 Å². The van der Waals surface area contributed by atoms with Crippen LogP contribution in [-0.4, -0.2) is 41.3 Å². The lowest BCUT2D eigenvalue weighted by Crippen LogP contribution is -2.53. The van der Waals surface area contributed by atoms with Crippen LogP contribution in [0.1, 0.15) is 28.4 Å². The summed E-state index contributed by atoms with van der Waals surface area (Å²) in [5.41, 5.74) is 1.48. The molecule has 0 bridgehead atoms. The Morgan fingerprint density at radius 1 is 1.02 bits per heavy atom. The van der Waals surface area contributed by atoms with Crippen LogP contribution in [0.5, 0.6) is 0 Å². The van der Waals surface area contributed by atoms with Crippen molar-refractivity contribution in [1.29, 1.82) is 0 Å². The molecule has 9 nitrogen and oxygen atoms in total. The zero-order valence-electron chi connectivity index (χ0n) is 21.9. The Kier molecular flexibility index (Phi) is 5.58. The van der Waals surface area contributed by atoms with E-state index < -0.39 is 52.9 Å². The SMILES string of the molecule is CCOC(=O)c1ccc(N2C(=O)[C@H]3[C@H](Cc4c[nH]c5ccccc45)N[C@@]4(C(=O)Nc5ccc(F)cc54)[C@@H]3C2=O)cc1. The molecule has 206 valence electrons. The number of amides is 3. The summed E-state index contributed by atoms with van der Waals surface area (Å²) in [6.45, 7) is 1.91. The van der Waals surface area contributed by atoms with Crippen LogP contribution < -0.4 is 15.5 Å². The van der Waals surface area contributed by atoms with Gasteiger partial charge in [-0.25, -0.2) is 14.1 Å². The maximum absolute atomic E-state index is 14.5. The Morgan fingerprint density at radius 2 is 1.80 bits per heavy atom. The smallest absolute Gasteiger partial charge is 0.338 e. The highest BCUT2D eigenvalue weighted by Gasteiger charge is 2.70. The Bertz CT molecular complexity index is 1770. The summed E-state index contributed by atoms with van der Waals surface area (Å²) in [6, 6.07) is 17.1. The van der Waals surface area contributed by atoms with Gasteiger partial charge in [-0.15, -0.1) is 0 Å². The van der Waals surface area contributed by atoms with Crippen LogP contribution in [0.25, 0.3) is 10.9 Å². The number of para-hydroxylation sites is 1. The van der Waals surface area contributed by atoms with Gasteiger partial charge in [0.05, 0.1) is 29.7 Å². The van der Waals surface area contributed by atoms with Crippen molar-refractivity contribution >= 4 is 46.0 Å². The number of hydrogen-bond donors (Lipinski definition) is 3. The second kappa shape index (κ2) is 9.10. The number of anilines is 2. The zero-order chi connectivity index (χ0) is 28.5. The number of esters is 1. The summed E-state index contributed by atoms with van der Waals surface area (Å²) in [7, 11) is 0. The van der Waals surface area contributed by atoms with Crippen molar-refractivity contribution in [2.45, 2.75) is 24.9 Å². The highest BCUT2D eigenvalue weighted by atomic mass is 19.1. The molecular formula is C31H25FN4O5. The molecule has 3 aromatic carbocycles. The summed E-state index contributed by atoms with van der Waals surface area (Å²) in [6.07, 6.45) is 2.21. The van der Waals surface area contributed by atoms with Crippen molar-refractivity contribution in [1.82, 2.24) is 10.3 Å². The highest BCUT2D eigenvalue weighted by molar-refractivity contribution is 6.26. The number of fused-ring (bicyclic) bond motifs is 5. The highest BCUT2D eigenvalue weighted by Crippen LogP contribution is 2.54. The monoisotopic (exact) mass is 552 g/mol. The fourth-order valence-electron chi connectivity index (χ4n) is 6.70. The number of nitrogens with one attached hydrogen (secondary N) is 3. The molecule has 2 fully saturated rings. The van der Waals surface area contributed by atoms with Crippen LogP contribution in [-0.2, 0) is 31.1 Å². The molecule has 2 saturated heterocycles. The minimum absolute atomic E-state index is 0.212. The van der Waals surface area contributed by atoms with Crippen LogP contribution >= 0.6 is 0 Å².